The lowest BCUT2D eigenvalue weighted by atomic mass is 9.70. The van der Waals surface area contributed by atoms with Crippen molar-refractivity contribution in [1.29, 1.82) is 5.26 Å². The second-order valence-electron chi connectivity index (χ2n) is 5.19. The number of oxazole rings is 1. The first-order valence-corrected chi connectivity index (χ1v) is 6.45. The van der Waals surface area contributed by atoms with Gasteiger partial charge in [-0.05, 0) is 30.5 Å². The molecule has 0 unspecified atom stereocenters. The Morgan fingerprint density at radius 3 is 3.00 bits per heavy atom. The molecule has 0 saturated heterocycles. The average molecular weight is 257 g/mol. The molecular formula is C14H15N3O2. The average Bonchev–Trinajstić information content (AvgIpc) is 2.72. The molecule has 2 aromatic rings. The van der Waals surface area contributed by atoms with Gasteiger partial charge in [0.05, 0.1) is 17.0 Å². The zero-order valence-electron chi connectivity index (χ0n) is 10.5. The topological polar surface area (TPSA) is 81.8 Å². The van der Waals surface area contributed by atoms with E-state index in [1.165, 1.54) is 0 Å². The molecule has 1 aliphatic carbocycles. The largest absolute Gasteiger partial charge is 0.417 e. The summed E-state index contributed by atoms with van der Waals surface area (Å²) < 4.78 is 5.02. The lowest BCUT2D eigenvalue weighted by molar-refractivity contribution is 0.206. The van der Waals surface area contributed by atoms with Crippen molar-refractivity contribution in [3.63, 3.8) is 0 Å². The van der Waals surface area contributed by atoms with Crippen LogP contribution in [-0.4, -0.2) is 11.5 Å². The zero-order chi connectivity index (χ0) is 13.3. The van der Waals surface area contributed by atoms with Crippen LogP contribution < -0.4 is 11.1 Å². The van der Waals surface area contributed by atoms with Crippen molar-refractivity contribution in [2.75, 3.05) is 6.54 Å². The molecule has 0 radical (unpaired) electrons. The highest BCUT2D eigenvalue weighted by Crippen LogP contribution is 2.39. The molecule has 0 bridgehead atoms. The summed E-state index contributed by atoms with van der Waals surface area (Å²) in [6.45, 7) is 1.40. The number of hydrogen-bond donors (Lipinski definition) is 2. The predicted molar refractivity (Wildman–Crippen MR) is 70.4 cm³/mol. The summed E-state index contributed by atoms with van der Waals surface area (Å²) in [7, 11) is 0. The van der Waals surface area contributed by atoms with E-state index in [0.717, 1.165) is 31.4 Å². The number of nitrogens with one attached hydrogen (secondary N) is 2. The summed E-state index contributed by atoms with van der Waals surface area (Å²) in [5.41, 5.74) is 2.16. The summed E-state index contributed by atoms with van der Waals surface area (Å²) in [5, 5.41) is 12.4. The molecule has 0 aliphatic heterocycles. The third-order valence-electron chi connectivity index (χ3n) is 3.83. The fourth-order valence-corrected chi connectivity index (χ4v) is 2.48. The number of aromatic amines is 1. The maximum absolute atomic E-state index is 11.1. The SMILES string of the molecule is N#CC1(CNCc2ccc3[nH]c(=O)oc3c2)CCC1. The van der Waals surface area contributed by atoms with Gasteiger partial charge in [-0.1, -0.05) is 12.5 Å². The highest BCUT2D eigenvalue weighted by Gasteiger charge is 2.36. The maximum Gasteiger partial charge on any atom is 0.417 e. The number of hydrogen-bond acceptors (Lipinski definition) is 4. The van der Waals surface area contributed by atoms with E-state index in [1.54, 1.807) is 0 Å². The molecule has 0 amide bonds. The van der Waals surface area contributed by atoms with E-state index in [1.807, 2.05) is 18.2 Å². The molecule has 1 fully saturated rings. The van der Waals surface area contributed by atoms with Crippen molar-refractivity contribution in [1.82, 2.24) is 10.3 Å². The third-order valence-corrected chi connectivity index (χ3v) is 3.83. The van der Waals surface area contributed by atoms with Crippen molar-refractivity contribution in [2.24, 2.45) is 5.41 Å². The van der Waals surface area contributed by atoms with E-state index < -0.39 is 5.76 Å². The Kier molecular flexibility index (Phi) is 2.88. The summed E-state index contributed by atoms with van der Waals surface area (Å²) >= 11 is 0. The van der Waals surface area contributed by atoms with Crippen LogP contribution in [0.25, 0.3) is 11.1 Å². The second-order valence-corrected chi connectivity index (χ2v) is 5.19. The number of nitrogens with zero attached hydrogens (tertiary/aromatic N) is 1. The van der Waals surface area contributed by atoms with Crippen molar-refractivity contribution in [3.8, 4) is 6.07 Å². The Bertz CT molecular complexity index is 689. The summed E-state index contributed by atoms with van der Waals surface area (Å²) in [6, 6.07) is 8.03. The fourth-order valence-electron chi connectivity index (χ4n) is 2.48. The number of fused-ring (bicyclic) bond motifs is 1. The van der Waals surface area contributed by atoms with Gasteiger partial charge in [0, 0.05) is 13.1 Å². The van der Waals surface area contributed by atoms with Crippen LogP contribution in [0.5, 0.6) is 0 Å². The Balaban J connectivity index is 1.65. The highest BCUT2D eigenvalue weighted by atomic mass is 16.4. The van der Waals surface area contributed by atoms with Gasteiger partial charge in [0.25, 0.3) is 0 Å². The Hall–Kier alpha value is -2.06. The first kappa shape index (κ1) is 12.0. The van der Waals surface area contributed by atoms with Gasteiger partial charge in [-0.2, -0.15) is 5.26 Å². The zero-order valence-corrected chi connectivity index (χ0v) is 10.5. The van der Waals surface area contributed by atoms with Gasteiger partial charge < -0.3 is 9.73 Å². The number of H-pyrrole nitrogens is 1. The number of rotatable bonds is 4. The van der Waals surface area contributed by atoms with Crippen LogP contribution in [0.1, 0.15) is 24.8 Å². The third kappa shape index (κ3) is 2.27. The standard InChI is InChI=1S/C14H15N3O2/c15-8-14(4-1-5-14)9-16-7-10-2-3-11-12(6-10)19-13(18)17-11/h2-3,6,16H,1,4-5,7,9H2,(H,17,18). The molecule has 3 rings (SSSR count). The van der Waals surface area contributed by atoms with Gasteiger partial charge >= 0.3 is 5.76 Å². The van der Waals surface area contributed by atoms with Crippen LogP contribution in [0.15, 0.2) is 27.4 Å². The Labute approximate surface area is 110 Å². The first-order valence-electron chi connectivity index (χ1n) is 6.45. The van der Waals surface area contributed by atoms with Gasteiger partial charge in [-0.25, -0.2) is 4.79 Å². The van der Waals surface area contributed by atoms with Gasteiger partial charge in [-0.15, -0.1) is 0 Å². The molecule has 1 aliphatic rings. The van der Waals surface area contributed by atoms with E-state index in [4.69, 9.17) is 9.68 Å². The molecule has 2 N–H and O–H groups in total. The molecule has 0 atom stereocenters. The van der Waals surface area contributed by atoms with Crippen molar-refractivity contribution in [3.05, 3.63) is 34.3 Å². The Morgan fingerprint density at radius 2 is 2.32 bits per heavy atom. The van der Waals surface area contributed by atoms with E-state index in [9.17, 15) is 4.79 Å². The van der Waals surface area contributed by atoms with Crippen LogP contribution in [0.2, 0.25) is 0 Å². The van der Waals surface area contributed by atoms with Crippen molar-refractivity contribution < 1.29 is 4.42 Å². The molecule has 1 aromatic carbocycles. The molecule has 5 heteroatoms. The normalized spacial score (nSPS) is 17.0. The van der Waals surface area contributed by atoms with Crippen LogP contribution in [0, 0.1) is 16.7 Å². The summed E-state index contributed by atoms with van der Waals surface area (Å²) in [5.74, 6) is -0.432. The monoisotopic (exact) mass is 257 g/mol. The molecular weight excluding hydrogens is 242 g/mol. The first-order chi connectivity index (χ1) is 9.21. The number of nitriles is 1. The molecule has 5 nitrogen and oxygen atoms in total. The minimum atomic E-state index is -0.432. The minimum absolute atomic E-state index is 0.162. The molecule has 98 valence electrons. The highest BCUT2D eigenvalue weighted by molar-refractivity contribution is 5.72. The fraction of sp³-hybridized carbons (Fsp3) is 0.429. The lowest BCUT2D eigenvalue weighted by Gasteiger charge is -2.35. The van der Waals surface area contributed by atoms with E-state index >= 15 is 0 Å². The van der Waals surface area contributed by atoms with Gasteiger partial charge in [0.1, 0.15) is 0 Å². The quantitative estimate of drug-likeness (QED) is 0.876. The van der Waals surface area contributed by atoms with Crippen LogP contribution in [0.3, 0.4) is 0 Å². The number of benzene rings is 1. The molecule has 1 heterocycles. The lowest BCUT2D eigenvalue weighted by Crippen LogP contribution is -2.38. The van der Waals surface area contributed by atoms with Gasteiger partial charge in [0.15, 0.2) is 5.58 Å². The van der Waals surface area contributed by atoms with Crippen LogP contribution >= 0.6 is 0 Å². The predicted octanol–water partition coefficient (Wildman–Crippen LogP) is 1.90. The minimum Gasteiger partial charge on any atom is -0.408 e. The Morgan fingerprint density at radius 1 is 1.47 bits per heavy atom. The van der Waals surface area contributed by atoms with Crippen LogP contribution in [0.4, 0.5) is 0 Å². The summed E-state index contributed by atoms with van der Waals surface area (Å²) in [4.78, 5) is 13.7. The second kappa shape index (κ2) is 4.56. The van der Waals surface area contributed by atoms with Crippen molar-refractivity contribution >= 4 is 11.1 Å². The molecule has 1 aromatic heterocycles. The van der Waals surface area contributed by atoms with E-state index in [2.05, 4.69) is 16.4 Å². The summed E-state index contributed by atoms with van der Waals surface area (Å²) in [6.07, 6.45) is 3.13. The van der Waals surface area contributed by atoms with E-state index in [-0.39, 0.29) is 5.41 Å². The molecule has 1 saturated carbocycles. The smallest absolute Gasteiger partial charge is 0.408 e. The maximum atomic E-state index is 11.1. The van der Waals surface area contributed by atoms with E-state index in [0.29, 0.717) is 17.6 Å². The van der Waals surface area contributed by atoms with Gasteiger partial charge in [-0.3, -0.25) is 4.98 Å². The van der Waals surface area contributed by atoms with Gasteiger partial charge in [0.2, 0.25) is 0 Å². The van der Waals surface area contributed by atoms with Crippen LogP contribution in [-0.2, 0) is 6.54 Å². The molecule has 19 heavy (non-hydrogen) atoms. The molecule has 0 spiro atoms. The van der Waals surface area contributed by atoms with Crippen molar-refractivity contribution in [2.45, 2.75) is 25.8 Å². The number of aromatic nitrogens is 1.